The van der Waals surface area contributed by atoms with Crippen LogP contribution in [0.25, 0.3) is 0 Å². The fourth-order valence-electron chi connectivity index (χ4n) is 3.23. The Labute approximate surface area is 105 Å². The average molecular weight is 238 g/mol. The fourth-order valence-corrected chi connectivity index (χ4v) is 3.23. The van der Waals surface area contributed by atoms with Gasteiger partial charge in [-0.25, -0.2) is 0 Å². The minimum Gasteiger partial charge on any atom is -0.356 e. The molecule has 2 aliphatic rings. The van der Waals surface area contributed by atoms with Crippen LogP contribution in [0, 0.1) is 11.8 Å². The minimum atomic E-state index is 0.219. The monoisotopic (exact) mass is 238 g/mol. The van der Waals surface area contributed by atoms with Gasteiger partial charge in [0, 0.05) is 19.0 Å². The molecule has 1 saturated carbocycles. The van der Waals surface area contributed by atoms with Crippen LogP contribution in [-0.4, -0.2) is 25.0 Å². The highest BCUT2D eigenvalue weighted by molar-refractivity contribution is 5.76. The normalized spacial score (nSPS) is 35.1. The fraction of sp³-hybridized carbons (Fsp3) is 0.929. The van der Waals surface area contributed by atoms with E-state index in [0.717, 1.165) is 37.8 Å². The van der Waals surface area contributed by atoms with Crippen molar-refractivity contribution in [1.82, 2.24) is 10.6 Å². The molecular weight excluding hydrogens is 212 g/mol. The summed E-state index contributed by atoms with van der Waals surface area (Å²) in [4.78, 5) is 11.4. The molecule has 1 aliphatic carbocycles. The van der Waals surface area contributed by atoms with Gasteiger partial charge in [-0.15, -0.1) is 0 Å². The van der Waals surface area contributed by atoms with Crippen LogP contribution in [0.3, 0.4) is 0 Å². The summed E-state index contributed by atoms with van der Waals surface area (Å²) in [6.07, 6.45) is 8.46. The van der Waals surface area contributed by atoms with Crippen LogP contribution in [0.4, 0.5) is 0 Å². The molecule has 0 spiro atoms. The lowest BCUT2D eigenvalue weighted by Crippen LogP contribution is -2.36. The van der Waals surface area contributed by atoms with Gasteiger partial charge in [0.1, 0.15) is 0 Å². The summed E-state index contributed by atoms with van der Waals surface area (Å²) >= 11 is 0. The van der Waals surface area contributed by atoms with Gasteiger partial charge in [0.25, 0.3) is 0 Å². The molecule has 0 aromatic carbocycles. The van der Waals surface area contributed by atoms with Crippen LogP contribution in [-0.2, 0) is 4.79 Å². The molecule has 0 bridgehead atoms. The van der Waals surface area contributed by atoms with Crippen molar-refractivity contribution >= 4 is 5.91 Å². The third-order valence-electron chi connectivity index (χ3n) is 4.22. The molecule has 1 amide bonds. The van der Waals surface area contributed by atoms with Crippen molar-refractivity contribution in [1.29, 1.82) is 0 Å². The maximum absolute atomic E-state index is 11.4. The molecule has 0 aromatic rings. The average Bonchev–Trinajstić information content (AvgIpc) is 2.51. The van der Waals surface area contributed by atoms with E-state index in [1.165, 1.54) is 25.7 Å². The van der Waals surface area contributed by atoms with Gasteiger partial charge in [-0.1, -0.05) is 19.8 Å². The van der Waals surface area contributed by atoms with Gasteiger partial charge in [-0.2, -0.15) is 0 Å². The van der Waals surface area contributed by atoms with Crippen LogP contribution in [0.2, 0.25) is 0 Å². The van der Waals surface area contributed by atoms with Crippen molar-refractivity contribution in [3.63, 3.8) is 0 Å². The molecule has 3 heteroatoms. The SMILES string of the molecule is CC1CCCC(CNC2CCCNC(=O)C2)C1. The summed E-state index contributed by atoms with van der Waals surface area (Å²) in [5.74, 6) is 1.95. The van der Waals surface area contributed by atoms with Crippen LogP contribution in [0.15, 0.2) is 0 Å². The van der Waals surface area contributed by atoms with Gasteiger partial charge >= 0.3 is 0 Å². The number of rotatable bonds is 3. The summed E-state index contributed by atoms with van der Waals surface area (Å²) in [5, 5.41) is 6.56. The number of carbonyl (C=O) groups is 1. The number of carbonyl (C=O) groups excluding carboxylic acids is 1. The molecule has 3 atom stereocenters. The maximum Gasteiger partial charge on any atom is 0.221 e. The van der Waals surface area contributed by atoms with E-state index in [9.17, 15) is 4.79 Å². The van der Waals surface area contributed by atoms with Gasteiger partial charge in [-0.3, -0.25) is 4.79 Å². The van der Waals surface area contributed by atoms with E-state index in [-0.39, 0.29) is 5.91 Å². The molecule has 2 N–H and O–H groups in total. The second-order valence-electron chi connectivity index (χ2n) is 5.94. The summed E-state index contributed by atoms with van der Waals surface area (Å²) in [6.45, 7) is 4.34. The molecule has 1 heterocycles. The van der Waals surface area contributed by atoms with E-state index in [1.807, 2.05) is 0 Å². The molecule has 0 radical (unpaired) electrons. The second kappa shape index (κ2) is 6.39. The van der Waals surface area contributed by atoms with Gasteiger partial charge < -0.3 is 10.6 Å². The lowest BCUT2D eigenvalue weighted by molar-refractivity contribution is -0.121. The number of hydrogen-bond acceptors (Lipinski definition) is 2. The first kappa shape index (κ1) is 12.9. The van der Waals surface area contributed by atoms with E-state index in [2.05, 4.69) is 17.6 Å². The summed E-state index contributed by atoms with van der Waals surface area (Å²) < 4.78 is 0. The quantitative estimate of drug-likeness (QED) is 0.790. The molecule has 0 aromatic heterocycles. The number of amides is 1. The Morgan fingerprint density at radius 1 is 1.29 bits per heavy atom. The lowest BCUT2D eigenvalue weighted by Gasteiger charge is -2.28. The number of hydrogen-bond donors (Lipinski definition) is 2. The highest BCUT2D eigenvalue weighted by Crippen LogP contribution is 2.28. The Hall–Kier alpha value is -0.570. The minimum absolute atomic E-state index is 0.219. The first-order valence-electron chi connectivity index (χ1n) is 7.24. The predicted octanol–water partition coefficient (Wildman–Crippen LogP) is 2.07. The zero-order chi connectivity index (χ0) is 12.1. The van der Waals surface area contributed by atoms with Gasteiger partial charge in [0.2, 0.25) is 5.91 Å². The molecule has 1 aliphatic heterocycles. The van der Waals surface area contributed by atoms with Gasteiger partial charge in [-0.05, 0) is 44.1 Å². The van der Waals surface area contributed by atoms with E-state index in [0.29, 0.717) is 12.5 Å². The predicted molar refractivity (Wildman–Crippen MR) is 69.8 cm³/mol. The third kappa shape index (κ3) is 4.30. The third-order valence-corrected chi connectivity index (χ3v) is 4.22. The van der Waals surface area contributed by atoms with Crippen molar-refractivity contribution in [2.45, 2.75) is 57.9 Å². The Bertz CT molecular complexity index is 255. The van der Waals surface area contributed by atoms with E-state index < -0.39 is 0 Å². The van der Waals surface area contributed by atoms with Crippen LogP contribution < -0.4 is 10.6 Å². The van der Waals surface area contributed by atoms with Crippen LogP contribution >= 0.6 is 0 Å². The standard InChI is InChI=1S/C14H26N2O/c1-11-4-2-5-12(8-11)10-16-13-6-3-7-15-14(17)9-13/h11-13,16H,2-10H2,1H3,(H,15,17). The Morgan fingerprint density at radius 2 is 2.18 bits per heavy atom. The Balaban J connectivity index is 1.71. The highest BCUT2D eigenvalue weighted by atomic mass is 16.1. The first-order chi connectivity index (χ1) is 8.24. The number of nitrogens with one attached hydrogen (secondary N) is 2. The van der Waals surface area contributed by atoms with Crippen molar-refractivity contribution in [3.8, 4) is 0 Å². The molecular formula is C14H26N2O. The molecule has 2 fully saturated rings. The topological polar surface area (TPSA) is 41.1 Å². The molecule has 3 nitrogen and oxygen atoms in total. The molecule has 1 saturated heterocycles. The van der Waals surface area contributed by atoms with Crippen molar-refractivity contribution in [2.75, 3.05) is 13.1 Å². The van der Waals surface area contributed by atoms with Gasteiger partial charge in [0.05, 0.1) is 0 Å². The van der Waals surface area contributed by atoms with Crippen molar-refractivity contribution in [3.05, 3.63) is 0 Å². The van der Waals surface area contributed by atoms with Crippen LogP contribution in [0.1, 0.15) is 51.9 Å². The Morgan fingerprint density at radius 3 is 3.00 bits per heavy atom. The molecule has 17 heavy (non-hydrogen) atoms. The zero-order valence-corrected chi connectivity index (χ0v) is 11.0. The first-order valence-corrected chi connectivity index (χ1v) is 7.24. The second-order valence-corrected chi connectivity index (χ2v) is 5.94. The molecule has 98 valence electrons. The van der Waals surface area contributed by atoms with Crippen LogP contribution in [0.5, 0.6) is 0 Å². The maximum atomic E-state index is 11.4. The van der Waals surface area contributed by atoms with E-state index in [1.54, 1.807) is 0 Å². The Kier molecular flexibility index (Phi) is 4.84. The summed E-state index contributed by atoms with van der Waals surface area (Å²) in [5.41, 5.74) is 0. The summed E-state index contributed by atoms with van der Waals surface area (Å²) in [7, 11) is 0. The molecule has 3 unspecified atom stereocenters. The van der Waals surface area contributed by atoms with Gasteiger partial charge in [0.15, 0.2) is 0 Å². The van der Waals surface area contributed by atoms with Crippen molar-refractivity contribution < 1.29 is 4.79 Å². The molecule has 2 rings (SSSR count). The van der Waals surface area contributed by atoms with E-state index >= 15 is 0 Å². The lowest BCUT2D eigenvalue weighted by atomic mass is 9.82. The van der Waals surface area contributed by atoms with E-state index in [4.69, 9.17) is 0 Å². The zero-order valence-electron chi connectivity index (χ0n) is 11.0. The highest BCUT2D eigenvalue weighted by Gasteiger charge is 2.21. The summed E-state index contributed by atoms with van der Waals surface area (Å²) in [6, 6.07) is 0.412. The van der Waals surface area contributed by atoms with Crippen molar-refractivity contribution in [2.24, 2.45) is 11.8 Å². The smallest absolute Gasteiger partial charge is 0.221 e. The largest absolute Gasteiger partial charge is 0.356 e.